The molecule has 0 spiro atoms. The third kappa shape index (κ3) is 3.47. The van der Waals surface area contributed by atoms with Crippen molar-refractivity contribution >= 4 is 5.78 Å². The van der Waals surface area contributed by atoms with Crippen molar-refractivity contribution in [3.8, 4) is 5.75 Å². The third-order valence-electron chi connectivity index (χ3n) is 8.13. The zero-order chi connectivity index (χ0) is 20.6. The number of rotatable bonds is 6. The lowest BCUT2D eigenvalue weighted by atomic mass is 9.52. The van der Waals surface area contributed by atoms with Crippen LogP contribution >= 0.6 is 0 Å². The number of likely N-dealkylation sites (tertiary alicyclic amines) is 1. The fourth-order valence-electron chi connectivity index (χ4n) is 6.72. The molecular formula is C27H33NO2. The smallest absolute Gasteiger partial charge is 0.162 e. The van der Waals surface area contributed by atoms with Crippen molar-refractivity contribution in [1.82, 2.24) is 4.90 Å². The molecule has 3 atom stereocenters. The second kappa shape index (κ2) is 8.19. The van der Waals surface area contributed by atoms with E-state index in [1.54, 1.807) is 0 Å². The number of carbonyl (C=O) groups is 1. The van der Waals surface area contributed by atoms with E-state index in [1.807, 2.05) is 36.4 Å². The van der Waals surface area contributed by atoms with E-state index in [2.05, 4.69) is 17.0 Å². The minimum atomic E-state index is 0.270. The van der Waals surface area contributed by atoms with Crippen LogP contribution in [0.15, 0.2) is 48.5 Å². The Labute approximate surface area is 180 Å². The molecule has 158 valence electrons. The van der Waals surface area contributed by atoms with E-state index < -0.39 is 0 Å². The number of phenolic OH excluding ortho intramolecular Hbond substituents is 1. The molecule has 1 heterocycles. The summed E-state index contributed by atoms with van der Waals surface area (Å²) in [7, 11) is 0. The number of hydrogen-bond acceptors (Lipinski definition) is 3. The molecule has 0 unspecified atom stereocenters. The molecule has 2 bridgehead atoms. The van der Waals surface area contributed by atoms with Gasteiger partial charge in [-0.3, -0.25) is 9.69 Å². The van der Waals surface area contributed by atoms with Gasteiger partial charge in [-0.2, -0.15) is 0 Å². The van der Waals surface area contributed by atoms with Crippen molar-refractivity contribution in [2.45, 2.75) is 69.2 Å². The van der Waals surface area contributed by atoms with E-state index in [4.69, 9.17) is 0 Å². The molecule has 3 aliphatic rings. The van der Waals surface area contributed by atoms with E-state index >= 15 is 0 Å². The van der Waals surface area contributed by atoms with Crippen molar-refractivity contribution < 1.29 is 9.90 Å². The molecule has 1 saturated carbocycles. The molecule has 2 aliphatic carbocycles. The zero-order valence-corrected chi connectivity index (χ0v) is 17.9. The minimum absolute atomic E-state index is 0.270. The van der Waals surface area contributed by atoms with E-state index in [-0.39, 0.29) is 11.2 Å². The molecule has 2 aromatic carbocycles. The number of Topliss-reactive ketones (excluding diaryl/α,β-unsaturated/α-hetero) is 1. The van der Waals surface area contributed by atoms with Gasteiger partial charge in [0.25, 0.3) is 0 Å². The molecule has 1 aliphatic heterocycles. The first-order valence-electron chi connectivity index (χ1n) is 11.8. The maximum atomic E-state index is 12.4. The van der Waals surface area contributed by atoms with Crippen LogP contribution in [0.1, 0.15) is 72.9 Å². The van der Waals surface area contributed by atoms with Gasteiger partial charge >= 0.3 is 0 Å². The van der Waals surface area contributed by atoms with Gasteiger partial charge in [0.1, 0.15) is 5.75 Å². The van der Waals surface area contributed by atoms with Crippen LogP contribution in [0.4, 0.5) is 0 Å². The number of aromatic hydroxyl groups is 1. The number of carbonyl (C=O) groups excluding carboxylic acids is 1. The molecule has 1 saturated heterocycles. The molecule has 1 N–H and O–H groups in total. The summed E-state index contributed by atoms with van der Waals surface area (Å²) in [5.74, 6) is 1.42. The van der Waals surface area contributed by atoms with Crippen LogP contribution in [0.2, 0.25) is 0 Å². The Kier molecular flexibility index (Phi) is 5.41. The predicted octanol–water partition coefficient (Wildman–Crippen LogP) is 5.50. The number of phenols is 1. The molecule has 2 aromatic rings. The zero-order valence-electron chi connectivity index (χ0n) is 17.9. The first-order chi connectivity index (χ1) is 14.7. The van der Waals surface area contributed by atoms with Gasteiger partial charge in [0.05, 0.1) is 0 Å². The Morgan fingerprint density at radius 1 is 1.07 bits per heavy atom. The Hall–Kier alpha value is -2.13. The minimum Gasteiger partial charge on any atom is -0.508 e. The lowest BCUT2D eigenvalue weighted by molar-refractivity contribution is -0.0119. The number of fused-ring (bicyclic) bond motifs is 1. The molecule has 3 heteroatoms. The standard InChI is InChI=1S/C27H33NO2/c29-22-13-12-21-18-25-23-10-4-6-14-27(23,24(21)19-22)15-17-28(25)16-7-5-11-26(30)20-8-2-1-3-9-20/h1-3,8-9,12-13,19,23,25,29H,4-7,10-11,14-18H2/t23-,25-,27-/m0/s1. The lowest BCUT2D eigenvalue weighted by Crippen LogP contribution is -2.61. The number of nitrogens with zero attached hydrogens (tertiary/aromatic N) is 1. The van der Waals surface area contributed by atoms with Crippen LogP contribution in [0, 0.1) is 5.92 Å². The quantitative estimate of drug-likeness (QED) is 0.511. The van der Waals surface area contributed by atoms with Crippen LogP contribution in [-0.4, -0.2) is 34.9 Å². The highest BCUT2D eigenvalue weighted by atomic mass is 16.3. The van der Waals surface area contributed by atoms with E-state index in [0.29, 0.717) is 18.2 Å². The lowest BCUT2D eigenvalue weighted by Gasteiger charge is -2.59. The van der Waals surface area contributed by atoms with Crippen molar-refractivity contribution in [2.75, 3.05) is 13.1 Å². The Balaban J connectivity index is 1.25. The maximum absolute atomic E-state index is 12.4. The summed E-state index contributed by atoms with van der Waals surface area (Å²) in [6.45, 7) is 2.26. The molecule has 0 radical (unpaired) electrons. The summed E-state index contributed by atoms with van der Waals surface area (Å²) in [4.78, 5) is 15.1. The van der Waals surface area contributed by atoms with Crippen molar-refractivity contribution in [3.05, 3.63) is 65.2 Å². The number of ketones is 1. The van der Waals surface area contributed by atoms with Gasteiger partial charge < -0.3 is 5.11 Å². The summed E-state index contributed by atoms with van der Waals surface area (Å²) in [5.41, 5.74) is 4.04. The average molecular weight is 404 g/mol. The molecule has 5 rings (SSSR count). The van der Waals surface area contributed by atoms with Crippen LogP contribution in [0.3, 0.4) is 0 Å². The molecule has 0 amide bonds. The number of unbranched alkanes of at least 4 members (excludes halogenated alkanes) is 1. The second-order valence-corrected chi connectivity index (χ2v) is 9.65. The molecular weight excluding hydrogens is 370 g/mol. The van der Waals surface area contributed by atoms with Gasteiger partial charge in [-0.25, -0.2) is 0 Å². The maximum Gasteiger partial charge on any atom is 0.162 e. The van der Waals surface area contributed by atoms with Crippen LogP contribution in [-0.2, 0) is 11.8 Å². The summed E-state index contributed by atoms with van der Waals surface area (Å²) < 4.78 is 0. The Morgan fingerprint density at radius 3 is 2.80 bits per heavy atom. The van der Waals surface area contributed by atoms with Gasteiger partial charge in [-0.1, -0.05) is 49.2 Å². The van der Waals surface area contributed by atoms with Crippen molar-refractivity contribution in [2.24, 2.45) is 5.92 Å². The molecule has 0 aromatic heterocycles. The Bertz CT molecular complexity index is 908. The van der Waals surface area contributed by atoms with Gasteiger partial charge in [0.15, 0.2) is 5.78 Å². The van der Waals surface area contributed by atoms with Crippen LogP contribution in [0.5, 0.6) is 5.75 Å². The largest absolute Gasteiger partial charge is 0.508 e. The first kappa shape index (κ1) is 19.8. The van der Waals surface area contributed by atoms with Gasteiger partial charge in [-0.05, 0) is 80.8 Å². The van der Waals surface area contributed by atoms with Crippen LogP contribution in [0.25, 0.3) is 0 Å². The summed E-state index contributed by atoms with van der Waals surface area (Å²) >= 11 is 0. The van der Waals surface area contributed by atoms with Gasteiger partial charge in [0, 0.05) is 23.4 Å². The summed E-state index contributed by atoms with van der Waals surface area (Å²) in [6.07, 6.45) is 10.3. The molecule has 30 heavy (non-hydrogen) atoms. The van der Waals surface area contributed by atoms with E-state index in [0.717, 1.165) is 43.8 Å². The van der Waals surface area contributed by atoms with Crippen molar-refractivity contribution in [3.63, 3.8) is 0 Å². The van der Waals surface area contributed by atoms with E-state index in [9.17, 15) is 9.90 Å². The fourth-order valence-corrected chi connectivity index (χ4v) is 6.72. The number of benzene rings is 2. The monoisotopic (exact) mass is 403 g/mol. The van der Waals surface area contributed by atoms with Gasteiger partial charge in [0.2, 0.25) is 0 Å². The Morgan fingerprint density at radius 2 is 1.93 bits per heavy atom. The highest BCUT2D eigenvalue weighted by Crippen LogP contribution is 2.56. The highest BCUT2D eigenvalue weighted by molar-refractivity contribution is 5.95. The molecule has 2 fully saturated rings. The fraction of sp³-hybridized carbons (Fsp3) is 0.519. The highest BCUT2D eigenvalue weighted by Gasteiger charge is 2.53. The van der Waals surface area contributed by atoms with Gasteiger partial charge in [-0.15, -0.1) is 0 Å². The summed E-state index contributed by atoms with van der Waals surface area (Å²) in [6, 6.07) is 16.4. The average Bonchev–Trinajstić information content (AvgIpc) is 2.79. The topological polar surface area (TPSA) is 40.5 Å². The summed E-state index contributed by atoms with van der Waals surface area (Å²) in [5, 5.41) is 10.2. The van der Waals surface area contributed by atoms with Crippen molar-refractivity contribution in [1.29, 1.82) is 0 Å². The van der Waals surface area contributed by atoms with Crippen LogP contribution < -0.4 is 0 Å². The first-order valence-corrected chi connectivity index (χ1v) is 11.8. The van der Waals surface area contributed by atoms with E-state index in [1.165, 1.54) is 43.2 Å². The number of hydrogen-bond donors (Lipinski definition) is 1. The molecule has 3 nitrogen and oxygen atoms in total. The number of piperidine rings is 1. The second-order valence-electron chi connectivity index (χ2n) is 9.65. The predicted molar refractivity (Wildman–Crippen MR) is 120 cm³/mol. The SMILES string of the molecule is O=C(CCCCN1CC[C@@]23CCCC[C@H]2[C@@H]1Cc1ccc(O)cc13)c1ccccc1. The normalized spacial score (nSPS) is 27.9. The third-order valence-corrected chi connectivity index (χ3v) is 8.13.